The molecule has 0 atom stereocenters. The molecule has 0 aliphatic carbocycles. The molecule has 0 saturated heterocycles. The van der Waals surface area contributed by atoms with Gasteiger partial charge in [-0.2, -0.15) is 0 Å². The Labute approximate surface area is 60.6 Å². The van der Waals surface area contributed by atoms with E-state index in [1.807, 2.05) is 12.1 Å². The summed E-state index contributed by atoms with van der Waals surface area (Å²) in [5.41, 5.74) is 6.44. The number of nitrogens with two attached hydrogens (primary N) is 1. The van der Waals surface area contributed by atoms with Gasteiger partial charge in [0, 0.05) is 6.54 Å². The van der Waals surface area contributed by atoms with Gasteiger partial charge in [-0.25, -0.2) is 0 Å². The van der Waals surface area contributed by atoms with Crippen molar-refractivity contribution in [1.29, 1.82) is 0 Å². The van der Waals surface area contributed by atoms with Crippen LogP contribution in [0.15, 0.2) is 18.2 Å². The Morgan fingerprint density at radius 3 is 3.00 bits per heavy atom. The number of methoxy groups -OCH3 is 1. The van der Waals surface area contributed by atoms with Gasteiger partial charge in [0.15, 0.2) is 0 Å². The van der Waals surface area contributed by atoms with Crippen molar-refractivity contribution in [3.8, 4) is 5.75 Å². The maximum atomic E-state index is 5.40. The van der Waals surface area contributed by atoms with Crippen molar-refractivity contribution in [1.82, 2.24) is 0 Å². The van der Waals surface area contributed by atoms with E-state index in [4.69, 9.17) is 10.5 Å². The van der Waals surface area contributed by atoms with Gasteiger partial charge in [0.1, 0.15) is 5.75 Å². The third-order valence-electron chi connectivity index (χ3n) is 1.29. The van der Waals surface area contributed by atoms with Crippen LogP contribution >= 0.6 is 0 Å². The van der Waals surface area contributed by atoms with Crippen molar-refractivity contribution in [3.05, 3.63) is 29.8 Å². The Morgan fingerprint density at radius 2 is 2.40 bits per heavy atom. The van der Waals surface area contributed by atoms with Crippen LogP contribution in [0.25, 0.3) is 0 Å². The standard InChI is InChI=1S/C8H10NO/c1-10-8-4-2-3-7(5-8)6-9/h3-5H,6,9H2,1H3. The topological polar surface area (TPSA) is 35.2 Å². The Hall–Kier alpha value is -1.02. The minimum absolute atomic E-state index is 0.535. The van der Waals surface area contributed by atoms with Crippen LogP contribution in [0.3, 0.4) is 0 Å². The second kappa shape index (κ2) is 3.22. The maximum Gasteiger partial charge on any atom is 0.119 e. The number of rotatable bonds is 2. The number of benzene rings is 1. The van der Waals surface area contributed by atoms with Crippen LogP contribution in [-0.4, -0.2) is 7.11 Å². The lowest BCUT2D eigenvalue weighted by molar-refractivity contribution is 0.414. The molecule has 0 aliphatic rings. The second-order valence-electron chi connectivity index (χ2n) is 1.99. The van der Waals surface area contributed by atoms with E-state index < -0.39 is 0 Å². The minimum Gasteiger partial charge on any atom is -0.497 e. The molecule has 1 radical (unpaired) electrons. The van der Waals surface area contributed by atoms with E-state index >= 15 is 0 Å². The van der Waals surface area contributed by atoms with Crippen LogP contribution in [0.2, 0.25) is 0 Å². The van der Waals surface area contributed by atoms with Crippen molar-refractivity contribution in [2.45, 2.75) is 6.54 Å². The highest BCUT2D eigenvalue weighted by Crippen LogP contribution is 2.10. The minimum atomic E-state index is 0.535. The van der Waals surface area contributed by atoms with Crippen LogP contribution in [0, 0.1) is 6.07 Å². The highest BCUT2D eigenvalue weighted by atomic mass is 16.5. The third kappa shape index (κ3) is 1.48. The zero-order valence-electron chi connectivity index (χ0n) is 5.92. The molecule has 1 aromatic carbocycles. The molecular weight excluding hydrogens is 126 g/mol. The quantitative estimate of drug-likeness (QED) is 0.657. The van der Waals surface area contributed by atoms with Gasteiger partial charge in [0.05, 0.1) is 7.11 Å². The normalized spacial score (nSPS) is 9.40. The molecule has 1 rings (SSSR count). The first kappa shape index (κ1) is 7.09. The molecule has 0 bridgehead atoms. The van der Waals surface area contributed by atoms with E-state index in [2.05, 4.69) is 6.07 Å². The lowest BCUT2D eigenvalue weighted by Crippen LogP contribution is -1.96. The van der Waals surface area contributed by atoms with E-state index in [9.17, 15) is 0 Å². The lowest BCUT2D eigenvalue weighted by atomic mass is 10.2. The molecule has 0 aromatic heterocycles. The van der Waals surface area contributed by atoms with Crippen LogP contribution in [0.4, 0.5) is 0 Å². The molecule has 0 amide bonds. The van der Waals surface area contributed by atoms with Gasteiger partial charge < -0.3 is 10.5 Å². The fraction of sp³-hybridized carbons (Fsp3) is 0.250. The van der Waals surface area contributed by atoms with Crippen molar-refractivity contribution in [2.75, 3.05) is 7.11 Å². The van der Waals surface area contributed by atoms with Gasteiger partial charge >= 0.3 is 0 Å². The molecule has 2 nitrogen and oxygen atoms in total. The fourth-order valence-corrected chi connectivity index (χ4v) is 0.733. The van der Waals surface area contributed by atoms with Crippen molar-refractivity contribution < 1.29 is 4.74 Å². The zero-order valence-corrected chi connectivity index (χ0v) is 5.92. The van der Waals surface area contributed by atoms with Crippen molar-refractivity contribution in [3.63, 3.8) is 0 Å². The van der Waals surface area contributed by atoms with E-state index in [0.29, 0.717) is 6.54 Å². The summed E-state index contributed by atoms with van der Waals surface area (Å²) < 4.78 is 4.97. The molecule has 0 fully saturated rings. The Bertz CT molecular complexity index is 191. The van der Waals surface area contributed by atoms with Gasteiger partial charge in [-0.05, 0) is 29.8 Å². The first-order valence-corrected chi connectivity index (χ1v) is 3.11. The molecule has 1 aromatic rings. The predicted octanol–water partition coefficient (Wildman–Crippen LogP) is 0.954. The summed E-state index contributed by atoms with van der Waals surface area (Å²) in [6.45, 7) is 0.535. The molecule has 0 aliphatic heterocycles. The van der Waals surface area contributed by atoms with Gasteiger partial charge in [-0.3, -0.25) is 0 Å². The maximum absolute atomic E-state index is 5.40. The third-order valence-corrected chi connectivity index (χ3v) is 1.29. The van der Waals surface area contributed by atoms with E-state index in [1.54, 1.807) is 13.2 Å². The average molecular weight is 136 g/mol. The molecule has 53 valence electrons. The number of hydrogen-bond acceptors (Lipinski definition) is 2. The Kier molecular flexibility index (Phi) is 2.29. The van der Waals surface area contributed by atoms with Crippen LogP contribution < -0.4 is 10.5 Å². The van der Waals surface area contributed by atoms with Gasteiger partial charge in [-0.1, -0.05) is 0 Å². The summed E-state index contributed by atoms with van der Waals surface area (Å²) in [7, 11) is 1.63. The summed E-state index contributed by atoms with van der Waals surface area (Å²) in [6.07, 6.45) is 0. The smallest absolute Gasteiger partial charge is 0.119 e. The first-order chi connectivity index (χ1) is 4.86. The molecule has 0 heterocycles. The first-order valence-electron chi connectivity index (χ1n) is 3.11. The van der Waals surface area contributed by atoms with Crippen LogP contribution in [0.1, 0.15) is 5.56 Å². The Balaban J connectivity index is 2.87. The second-order valence-corrected chi connectivity index (χ2v) is 1.99. The zero-order chi connectivity index (χ0) is 7.40. The highest BCUT2D eigenvalue weighted by molar-refractivity contribution is 5.27. The van der Waals surface area contributed by atoms with Crippen LogP contribution in [-0.2, 0) is 6.54 Å². The number of ether oxygens (including phenoxy) is 1. The van der Waals surface area contributed by atoms with Crippen molar-refractivity contribution in [2.24, 2.45) is 5.73 Å². The summed E-state index contributed by atoms with van der Waals surface area (Å²) in [5.74, 6) is 0.808. The van der Waals surface area contributed by atoms with Gasteiger partial charge in [-0.15, -0.1) is 0 Å². The molecule has 10 heavy (non-hydrogen) atoms. The van der Waals surface area contributed by atoms with E-state index in [0.717, 1.165) is 11.3 Å². The summed E-state index contributed by atoms with van der Waals surface area (Å²) in [6, 6.07) is 8.45. The van der Waals surface area contributed by atoms with Gasteiger partial charge in [0.25, 0.3) is 0 Å². The fourth-order valence-electron chi connectivity index (χ4n) is 0.733. The summed E-state index contributed by atoms with van der Waals surface area (Å²) >= 11 is 0. The van der Waals surface area contributed by atoms with Crippen molar-refractivity contribution >= 4 is 0 Å². The SMILES string of the molecule is COc1c[c]cc(CN)c1. The van der Waals surface area contributed by atoms with Gasteiger partial charge in [0.2, 0.25) is 0 Å². The van der Waals surface area contributed by atoms with Crippen LogP contribution in [0.5, 0.6) is 5.75 Å². The molecule has 2 N–H and O–H groups in total. The van der Waals surface area contributed by atoms with E-state index in [-0.39, 0.29) is 0 Å². The molecule has 0 saturated carbocycles. The van der Waals surface area contributed by atoms with E-state index in [1.165, 1.54) is 0 Å². The number of hydrogen-bond donors (Lipinski definition) is 1. The lowest BCUT2D eigenvalue weighted by Gasteiger charge is -1.99. The molecule has 0 unspecified atom stereocenters. The molecule has 2 heteroatoms. The average Bonchev–Trinajstić information content (AvgIpc) is 2.05. The summed E-state index contributed by atoms with van der Waals surface area (Å²) in [4.78, 5) is 0. The summed E-state index contributed by atoms with van der Waals surface area (Å²) in [5, 5.41) is 0. The highest BCUT2D eigenvalue weighted by Gasteiger charge is 1.91. The monoisotopic (exact) mass is 136 g/mol. The Morgan fingerprint density at radius 1 is 1.60 bits per heavy atom. The largest absolute Gasteiger partial charge is 0.497 e. The molecular formula is C8H10NO. The predicted molar refractivity (Wildman–Crippen MR) is 39.7 cm³/mol. The molecule has 0 spiro atoms.